The molecule has 1 aliphatic rings. The maximum Gasteiger partial charge on any atom is 0.420 e. The predicted molar refractivity (Wildman–Crippen MR) is 159 cm³/mol. The maximum atomic E-state index is 14.7. The Bertz CT molecular complexity index is 1290. The first-order valence-corrected chi connectivity index (χ1v) is 14.6. The molecule has 1 fully saturated rings. The smallest absolute Gasteiger partial charge is 0.420 e. The Morgan fingerprint density at radius 2 is 1.45 bits per heavy atom. The van der Waals surface area contributed by atoms with E-state index in [1.165, 1.54) is 18.2 Å². The van der Waals surface area contributed by atoms with Crippen molar-refractivity contribution in [3.63, 3.8) is 0 Å². The van der Waals surface area contributed by atoms with Gasteiger partial charge < -0.3 is 14.2 Å². The van der Waals surface area contributed by atoms with E-state index in [0.29, 0.717) is 22.9 Å². The monoisotopic (exact) mass is 647 g/mol. The van der Waals surface area contributed by atoms with Crippen molar-refractivity contribution in [1.82, 2.24) is 4.90 Å². The van der Waals surface area contributed by atoms with E-state index in [-0.39, 0.29) is 21.4 Å². The number of rotatable bonds is 4. The van der Waals surface area contributed by atoms with Gasteiger partial charge in [0.05, 0.1) is 11.3 Å². The van der Waals surface area contributed by atoms with Gasteiger partial charge >= 0.3 is 18.4 Å². The van der Waals surface area contributed by atoms with E-state index in [4.69, 9.17) is 37.4 Å². The summed E-state index contributed by atoms with van der Waals surface area (Å²) in [5.41, 5.74) is -0.893. The third kappa shape index (κ3) is 7.88. The summed E-state index contributed by atoms with van der Waals surface area (Å²) in [6.07, 6.45) is -6.51. The second-order valence-corrected chi connectivity index (χ2v) is 14.2. The summed E-state index contributed by atoms with van der Waals surface area (Å²) in [7, 11) is 0. The average molecular weight is 649 g/mol. The van der Waals surface area contributed by atoms with Crippen LogP contribution < -0.4 is 0 Å². The molecule has 42 heavy (non-hydrogen) atoms. The normalized spacial score (nSPS) is 20.4. The number of benzene rings is 2. The first-order chi connectivity index (χ1) is 19.1. The van der Waals surface area contributed by atoms with Crippen molar-refractivity contribution in [2.24, 2.45) is 0 Å². The van der Waals surface area contributed by atoms with Crippen LogP contribution in [-0.4, -0.2) is 41.1 Å². The number of halogens is 5. The van der Waals surface area contributed by atoms with Gasteiger partial charge in [0.1, 0.15) is 23.6 Å². The first-order valence-electron chi connectivity index (χ1n) is 13.0. The summed E-state index contributed by atoms with van der Waals surface area (Å²) in [6.45, 7) is 14.8. The number of carbonyl (C=O) groups excluding carboxylic acids is 2. The summed E-state index contributed by atoms with van der Waals surface area (Å²) in [4.78, 5) is 27.0. The Kier molecular flexibility index (Phi) is 9.86. The van der Waals surface area contributed by atoms with Gasteiger partial charge in [0, 0.05) is 10.0 Å². The highest BCUT2D eigenvalue weighted by Gasteiger charge is 2.61. The largest absolute Gasteiger partial charge is 0.495 e. The number of alkyl halides is 3. The van der Waals surface area contributed by atoms with E-state index >= 15 is 0 Å². The van der Waals surface area contributed by atoms with Gasteiger partial charge in [-0.1, -0.05) is 54.0 Å². The van der Waals surface area contributed by atoms with Gasteiger partial charge in [0.2, 0.25) is 0 Å². The van der Waals surface area contributed by atoms with E-state index in [2.05, 4.69) is 6.58 Å². The minimum Gasteiger partial charge on any atom is -0.495 e. The van der Waals surface area contributed by atoms with Gasteiger partial charge in [-0.25, -0.2) is 14.5 Å². The molecule has 2 aromatic carbocycles. The standard InChI is InChI=1S/C30H34Cl2F3NO5S/c1-17(36(25(37)40-27(3,4)5)26(38)41-28(6,7)8)19-9-11-20(12-10-19)24-18(2)39-16-29(42-24,30(33,34)35)21-13-22(31)15-23(32)14-21/h9-15,17,24H,2,16H2,1,3-8H3. The second kappa shape index (κ2) is 12.2. The van der Waals surface area contributed by atoms with Gasteiger partial charge in [-0.05, 0) is 83.4 Å². The molecule has 0 bridgehead atoms. The van der Waals surface area contributed by atoms with Crippen molar-refractivity contribution < 1.29 is 37.0 Å². The minimum absolute atomic E-state index is 0.0699. The molecule has 1 aliphatic heterocycles. The van der Waals surface area contributed by atoms with Crippen LogP contribution in [0.3, 0.4) is 0 Å². The topological polar surface area (TPSA) is 65.1 Å². The van der Waals surface area contributed by atoms with Gasteiger partial charge in [-0.3, -0.25) is 0 Å². The number of carbonyl (C=O) groups is 2. The molecule has 0 N–H and O–H groups in total. The number of amides is 2. The molecule has 6 nitrogen and oxygen atoms in total. The Hall–Kier alpha value is -2.56. The van der Waals surface area contributed by atoms with E-state index < -0.39 is 52.2 Å². The van der Waals surface area contributed by atoms with Crippen LogP contribution in [-0.2, 0) is 19.0 Å². The maximum absolute atomic E-state index is 14.7. The molecule has 0 aliphatic carbocycles. The van der Waals surface area contributed by atoms with Crippen molar-refractivity contribution in [3.8, 4) is 0 Å². The highest BCUT2D eigenvalue weighted by atomic mass is 35.5. The summed E-state index contributed by atoms with van der Waals surface area (Å²) in [5.74, 6) is 0.151. The molecule has 1 heterocycles. The Labute approximate surface area is 258 Å². The third-order valence-electron chi connectivity index (χ3n) is 6.15. The Morgan fingerprint density at radius 3 is 1.88 bits per heavy atom. The molecule has 230 valence electrons. The molecule has 2 aromatic rings. The van der Waals surface area contributed by atoms with Crippen LogP contribution in [0.5, 0.6) is 0 Å². The third-order valence-corrected chi connectivity index (χ3v) is 8.34. The van der Waals surface area contributed by atoms with Crippen molar-refractivity contribution in [2.45, 2.75) is 81.9 Å². The Morgan fingerprint density at radius 1 is 0.976 bits per heavy atom. The van der Waals surface area contributed by atoms with Crippen LogP contribution in [0.25, 0.3) is 0 Å². The molecule has 1 saturated heterocycles. The zero-order valence-corrected chi connectivity index (χ0v) is 26.7. The number of thioether (sulfide) groups is 1. The fourth-order valence-electron chi connectivity index (χ4n) is 4.19. The van der Waals surface area contributed by atoms with E-state index in [1.807, 2.05) is 0 Å². The zero-order chi connectivity index (χ0) is 31.8. The molecule has 12 heteroatoms. The molecule has 0 spiro atoms. The van der Waals surface area contributed by atoms with Crippen LogP contribution >= 0.6 is 35.0 Å². The molecule has 3 rings (SSSR count). The summed E-state index contributed by atoms with van der Waals surface area (Å²) < 4.78 is 58.1. The fourth-order valence-corrected chi connectivity index (χ4v) is 6.12. The molecule has 0 aromatic heterocycles. The zero-order valence-electron chi connectivity index (χ0n) is 24.4. The average Bonchev–Trinajstić information content (AvgIpc) is 2.81. The van der Waals surface area contributed by atoms with Gasteiger partial charge in [0.25, 0.3) is 0 Å². The highest BCUT2D eigenvalue weighted by molar-refractivity contribution is 8.00. The van der Waals surface area contributed by atoms with Crippen LogP contribution in [0.2, 0.25) is 10.0 Å². The van der Waals surface area contributed by atoms with Crippen molar-refractivity contribution in [2.75, 3.05) is 6.61 Å². The summed E-state index contributed by atoms with van der Waals surface area (Å²) in [6, 6.07) is 9.45. The lowest BCUT2D eigenvalue weighted by atomic mass is 9.97. The predicted octanol–water partition coefficient (Wildman–Crippen LogP) is 10.0. The first kappa shape index (κ1) is 33.9. The number of imide groups is 1. The van der Waals surface area contributed by atoms with E-state index in [9.17, 15) is 22.8 Å². The summed E-state index contributed by atoms with van der Waals surface area (Å²) >= 11 is 12.8. The van der Waals surface area contributed by atoms with Crippen LogP contribution in [0.15, 0.2) is 54.8 Å². The summed E-state index contributed by atoms with van der Waals surface area (Å²) in [5, 5.41) is -0.767. The lowest BCUT2D eigenvalue weighted by molar-refractivity contribution is -0.174. The van der Waals surface area contributed by atoms with Crippen molar-refractivity contribution in [3.05, 3.63) is 81.5 Å². The molecule has 3 unspecified atom stereocenters. The van der Waals surface area contributed by atoms with Gasteiger partial charge in [0.15, 0.2) is 4.75 Å². The van der Waals surface area contributed by atoms with E-state index in [1.54, 1.807) is 72.7 Å². The van der Waals surface area contributed by atoms with Crippen LogP contribution in [0, 0.1) is 0 Å². The van der Waals surface area contributed by atoms with Crippen molar-refractivity contribution in [1.29, 1.82) is 0 Å². The number of ether oxygens (including phenoxy) is 3. The molecule has 0 saturated carbocycles. The molecular weight excluding hydrogens is 614 g/mol. The van der Waals surface area contributed by atoms with Gasteiger partial charge in [-0.15, -0.1) is 11.8 Å². The SMILES string of the molecule is C=C1OCC(c2cc(Cl)cc(Cl)c2)(C(F)(F)F)SC1c1ccc(C(C)N(C(=O)OC(C)(C)C)C(=O)OC(C)(C)C)cc1. The lowest BCUT2D eigenvalue weighted by Gasteiger charge is -2.42. The fraction of sp³-hybridized carbons (Fsp3) is 0.467. The number of nitrogens with zero attached hydrogens (tertiary/aromatic N) is 1. The number of hydrogen-bond donors (Lipinski definition) is 0. The minimum atomic E-state index is -4.72. The molecule has 3 atom stereocenters. The quantitative estimate of drug-likeness (QED) is 0.329. The molecule has 2 amide bonds. The van der Waals surface area contributed by atoms with E-state index in [0.717, 1.165) is 4.90 Å². The van der Waals surface area contributed by atoms with Crippen LogP contribution in [0.4, 0.5) is 22.8 Å². The van der Waals surface area contributed by atoms with Crippen LogP contribution in [0.1, 0.15) is 76.4 Å². The lowest BCUT2D eigenvalue weighted by Crippen LogP contribution is -2.46. The molecule has 0 radical (unpaired) electrons. The second-order valence-electron chi connectivity index (χ2n) is 11.9. The highest BCUT2D eigenvalue weighted by Crippen LogP contribution is 2.60. The Balaban J connectivity index is 1.97. The van der Waals surface area contributed by atoms with Crippen molar-refractivity contribution >= 4 is 47.2 Å². The van der Waals surface area contributed by atoms with Gasteiger partial charge in [-0.2, -0.15) is 13.2 Å². The molecular formula is C30H34Cl2F3NO5S. The number of hydrogen-bond acceptors (Lipinski definition) is 6.